The average molecular weight is 525 g/mol. The van der Waals surface area contributed by atoms with Crippen LogP contribution in [-0.4, -0.2) is 81.1 Å². The molecule has 2 amide bonds. The SMILES string of the molecule is CN1CCN(C(=O)Cn2cc(-c3ccc(-c4cnc(N)c5ncc(C(=O)NCC6CC6)cc45)cc3)cn2)CC1. The third-order valence-corrected chi connectivity index (χ3v) is 7.58. The van der Waals surface area contributed by atoms with E-state index in [9.17, 15) is 9.59 Å². The number of piperazine rings is 1. The van der Waals surface area contributed by atoms with Crippen molar-refractivity contribution in [3.05, 3.63) is 60.7 Å². The fourth-order valence-corrected chi connectivity index (χ4v) is 4.89. The van der Waals surface area contributed by atoms with Gasteiger partial charge in [-0.15, -0.1) is 0 Å². The van der Waals surface area contributed by atoms with Crippen molar-refractivity contribution in [1.29, 1.82) is 0 Å². The maximum absolute atomic E-state index is 12.7. The van der Waals surface area contributed by atoms with Crippen molar-refractivity contribution in [2.75, 3.05) is 45.5 Å². The highest BCUT2D eigenvalue weighted by atomic mass is 16.2. The molecule has 1 saturated carbocycles. The van der Waals surface area contributed by atoms with Gasteiger partial charge < -0.3 is 20.9 Å². The van der Waals surface area contributed by atoms with Crippen molar-refractivity contribution in [2.24, 2.45) is 5.92 Å². The number of nitrogens with zero attached hydrogens (tertiary/aromatic N) is 6. The first-order chi connectivity index (χ1) is 18.9. The molecule has 4 aromatic rings. The Morgan fingerprint density at radius 2 is 1.72 bits per heavy atom. The van der Waals surface area contributed by atoms with Crippen molar-refractivity contribution < 1.29 is 9.59 Å². The zero-order valence-corrected chi connectivity index (χ0v) is 22.0. The lowest BCUT2D eigenvalue weighted by atomic mass is 9.99. The minimum atomic E-state index is -0.129. The molecule has 2 fully saturated rings. The minimum Gasteiger partial charge on any atom is -0.382 e. The third-order valence-electron chi connectivity index (χ3n) is 7.58. The number of anilines is 1. The molecule has 0 unspecified atom stereocenters. The van der Waals surface area contributed by atoms with Gasteiger partial charge in [0, 0.05) is 67.8 Å². The lowest BCUT2D eigenvalue weighted by molar-refractivity contribution is -0.133. The number of likely N-dealkylation sites (N-methyl/N-ethyl adjacent to an activating group) is 1. The summed E-state index contributed by atoms with van der Waals surface area (Å²) in [4.78, 5) is 38.3. The summed E-state index contributed by atoms with van der Waals surface area (Å²) in [6, 6.07) is 9.89. The fraction of sp³-hybridized carbons (Fsp3) is 0.345. The molecule has 0 spiro atoms. The molecule has 1 aliphatic heterocycles. The van der Waals surface area contributed by atoms with Gasteiger partial charge in [-0.1, -0.05) is 24.3 Å². The maximum atomic E-state index is 12.7. The molecule has 10 nitrogen and oxygen atoms in total. The summed E-state index contributed by atoms with van der Waals surface area (Å²) in [6.07, 6.45) is 9.31. The summed E-state index contributed by atoms with van der Waals surface area (Å²) in [5.41, 5.74) is 10.9. The van der Waals surface area contributed by atoms with E-state index in [1.54, 1.807) is 23.3 Å². The number of amides is 2. The number of hydrogen-bond acceptors (Lipinski definition) is 7. The van der Waals surface area contributed by atoms with E-state index in [0.29, 0.717) is 29.4 Å². The molecule has 0 radical (unpaired) electrons. The molecular weight excluding hydrogens is 492 g/mol. The Morgan fingerprint density at radius 3 is 2.46 bits per heavy atom. The highest BCUT2D eigenvalue weighted by molar-refractivity contribution is 6.03. The van der Waals surface area contributed by atoms with Crippen molar-refractivity contribution in [3.63, 3.8) is 0 Å². The lowest BCUT2D eigenvalue weighted by Gasteiger charge is -2.32. The molecule has 0 atom stereocenters. The number of fused-ring (bicyclic) bond motifs is 1. The molecular formula is C29H32N8O2. The molecule has 200 valence electrons. The molecule has 1 aromatic carbocycles. The molecule has 0 bridgehead atoms. The topological polar surface area (TPSA) is 122 Å². The first-order valence-corrected chi connectivity index (χ1v) is 13.4. The Bertz CT molecular complexity index is 1520. The smallest absolute Gasteiger partial charge is 0.252 e. The minimum absolute atomic E-state index is 0.0880. The predicted octanol–water partition coefficient (Wildman–Crippen LogP) is 2.66. The van der Waals surface area contributed by atoms with Gasteiger partial charge in [0.05, 0.1) is 11.8 Å². The van der Waals surface area contributed by atoms with Gasteiger partial charge in [-0.05, 0) is 43.0 Å². The van der Waals surface area contributed by atoms with Crippen molar-refractivity contribution in [3.8, 4) is 22.3 Å². The second kappa shape index (κ2) is 10.5. The number of pyridine rings is 2. The molecule has 2 aliphatic rings. The van der Waals surface area contributed by atoms with Gasteiger partial charge in [-0.25, -0.2) is 4.98 Å². The van der Waals surface area contributed by atoms with E-state index in [1.165, 1.54) is 12.8 Å². The molecule has 1 saturated heterocycles. The number of nitrogen functional groups attached to an aromatic ring is 1. The number of carbonyl (C=O) groups excluding carboxylic acids is 2. The third kappa shape index (κ3) is 5.46. The monoisotopic (exact) mass is 524 g/mol. The van der Waals surface area contributed by atoms with Gasteiger partial charge in [0.15, 0.2) is 0 Å². The van der Waals surface area contributed by atoms with Crippen molar-refractivity contribution in [2.45, 2.75) is 19.4 Å². The van der Waals surface area contributed by atoms with Crippen molar-refractivity contribution >= 4 is 28.5 Å². The van der Waals surface area contributed by atoms with Crippen LogP contribution in [0.3, 0.4) is 0 Å². The van der Waals surface area contributed by atoms with Crippen LogP contribution in [0.5, 0.6) is 0 Å². The van der Waals surface area contributed by atoms with Crippen LogP contribution in [-0.2, 0) is 11.3 Å². The summed E-state index contributed by atoms with van der Waals surface area (Å²) in [6.45, 7) is 4.22. The van der Waals surface area contributed by atoms with Crippen LogP contribution in [0.1, 0.15) is 23.2 Å². The van der Waals surface area contributed by atoms with Gasteiger partial charge in [-0.3, -0.25) is 19.3 Å². The Morgan fingerprint density at radius 1 is 0.974 bits per heavy atom. The largest absolute Gasteiger partial charge is 0.382 e. The first kappa shape index (κ1) is 25.0. The van der Waals surface area contributed by atoms with Crippen LogP contribution in [0.4, 0.5) is 5.82 Å². The Labute approximate surface area is 226 Å². The van der Waals surface area contributed by atoms with Crippen LogP contribution in [0, 0.1) is 5.92 Å². The summed E-state index contributed by atoms with van der Waals surface area (Å²) in [7, 11) is 2.07. The average Bonchev–Trinajstić information content (AvgIpc) is 3.68. The second-order valence-electron chi connectivity index (χ2n) is 10.5. The molecule has 3 N–H and O–H groups in total. The highest BCUT2D eigenvalue weighted by Gasteiger charge is 2.22. The number of benzene rings is 1. The molecule has 10 heteroatoms. The molecule has 1 aliphatic carbocycles. The van der Waals surface area contributed by atoms with E-state index >= 15 is 0 Å². The highest BCUT2D eigenvalue weighted by Crippen LogP contribution is 2.32. The van der Waals surface area contributed by atoms with Crippen LogP contribution in [0.25, 0.3) is 33.2 Å². The van der Waals surface area contributed by atoms with E-state index in [1.807, 2.05) is 41.4 Å². The zero-order chi connectivity index (χ0) is 26.9. The van der Waals surface area contributed by atoms with Gasteiger partial charge in [0.1, 0.15) is 17.9 Å². The van der Waals surface area contributed by atoms with E-state index in [4.69, 9.17) is 5.73 Å². The Kier molecular flexibility index (Phi) is 6.70. The lowest BCUT2D eigenvalue weighted by Crippen LogP contribution is -2.48. The number of carbonyl (C=O) groups is 2. The quantitative estimate of drug-likeness (QED) is 0.381. The van der Waals surface area contributed by atoms with Crippen LogP contribution in [0.15, 0.2) is 55.1 Å². The number of aromatic nitrogens is 4. The van der Waals surface area contributed by atoms with Crippen LogP contribution < -0.4 is 11.1 Å². The summed E-state index contributed by atoms with van der Waals surface area (Å²) >= 11 is 0. The van der Waals surface area contributed by atoms with Gasteiger partial charge in [0.25, 0.3) is 5.91 Å². The first-order valence-electron chi connectivity index (χ1n) is 13.4. The molecule has 6 rings (SSSR count). The number of rotatable bonds is 7. The van der Waals surface area contributed by atoms with Crippen molar-refractivity contribution in [1.82, 2.24) is 34.9 Å². The standard InChI is InChI=1S/C29H32N8O2/c1-35-8-10-36(11-9-35)26(38)18-37-17-23(15-34-37)20-4-6-21(7-5-20)25-16-32-28(30)27-24(25)12-22(14-31-27)29(39)33-13-19-2-3-19/h4-7,12,14-17,19H,2-3,8-11,13,18H2,1H3,(H2,30,32)(H,33,39). The van der Waals surface area contributed by atoms with E-state index in [2.05, 4.69) is 32.3 Å². The second-order valence-corrected chi connectivity index (χ2v) is 10.5. The molecule has 3 aromatic heterocycles. The van der Waals surface area contributed by atoms with Gasteiger partial charge >= 0.3 is 0 Å². The van der Waals surface area contributed by atoms with E-state index in [0.717, 1.165) is 53.8 Å². The Balaban J connectivity index is 1.20. The number of nitrogens with two attached hydrogens (primary N) is 1. The van der Waals surface area contributed by atoms with E-state index in [-0.39, 0.29) is 18.4 Å². The zero-order valence-electron chi connectivity index (χ0n) is 22.0. The molecule has 4 heterocycles. The predicted molar refractivity (Wildman–Crippen MR) is 150 cm³/mol. The maximum Gasteiger partial charge on any atom is 0.252 e. The van der Waals surface area contributed by atoms with Gasteiger partial charge in [-0.2, -0.15) is 5.10 Å². The molecule has 39 heavy (non-hydrogen) atoms. The number of nitrogens with one attached hydrogen (secondary N) is 1. The van der Waals surface area contributed by atoms with Crippen LogP contribution >= 0.6 is 0 Å². The summed E-state index contributed by atoms with van der Waals surface area (Å²) in [5.74, 6) is 0.885. The Hall–Kier alpha value is -4.31. The number of hydrogen-bond donors (Lipinski definition) is 2. The normalized spacial score (nSPS) is 16.0. The fourth-order valence-electron chi connectivity index (χ4n) is 4.89. The van der Waals surface area contributed by atoms with Gasteiger partial charge in [0.2, 0.25) is 5.91 Å². The summed E-state index contributed by atoms with van der Waals surface area (Å²) in [5, 5.41) is 8.20. The van der Waals surface area contributed by atoms with E-state index < -0.39 is 0 Å². The summed E-state index contributed by atoms with van der Waals surface area (Å²) < 4.78 is 1.70. The van der Waals surface area contributed by atoms with Crippen LogP contribution in [0.2, 0.25) is 0 Å².